The third-order valence-electron chi connectivity index (χ3n) is 7.00. The number of methoxy groups -OCH3 is 1. The third-order valence-corrected chi connectivity index (χ3v) is 7.30. The molecule has 0 spiro atoms. The van der Waals surface area contributed by atoms with Crippen LogP contribution in [0.1, 0.15) is 32.3 Å². The number of nitrogens with zero attached hydrogens (tertiary/aromatic N) is 6. The molecule has 1 fully saturated rings. The molecule has 10 nitrogen and oxygen atoms in total. The molecule has 5 rings (SSSR count). The number of carbonyl (C=O) groups is 1. The number of nitrogens with one attached hydrogen (secondary N) is 2. The summed E-state index contributed by atoms with van der Waals surface area (Å²) in [7, 11) is 1.60. The minimum Gasteiger partial charge on any atom is -0.495 e. The molecule has 194 valence electrons. The number of piperidine rings is 1. The first kappa shape index (κ1) is 25.0. The topological polar surface area (TPSA) is 110 Å². The van der Waals surface area contributed by atoms with Gasteiger partial charge in [-0.25, -0.2) is 9.67 Å². The molecule has 2 N–H and O–H groups in total. The summed E-state index contributed by atoms with van der Waals surface area (Å²) >= 11 is 6.32. The van der Waals surface area contributed by atoms with E-state index in [1.165, 1.54) is 0 Å². The van der Waals surface area contributed by atoms with E-state index in [1.807, 2.05) is 47.1 Å². The lowest BCUT2D eigenvalue weighted by Gasteiger charge is -2.31. The summed E-state index contributed by atoms with van der Waals surface area (Å²) in [5.41, 5.74) is 1.80. The molecule has 0 aliphatic carbocycles. The fourth-order valence-electron chi connectivity index (χ4n) is 4.85. The van der Waals surface area contributed by atoms with Crippen LogP contribution in [0.25, 0.3) is 21.8 Å². The van der Waals surface area contributed by atoms with E-state index >= 15 is 0 Å². The Kier molecular flexibility index (Phi) is 7.27. The maximum atomic E-state index is 11.6. The van der Waals surface area contributed by atoms with Gasteiger partial charge in [0.25, 0.3) is 0 Å². The van der Waals surface area contributed by atoms with E-state index in [4.69, 9.17) is 21.3 Å². The number of aromatic nitrogens is 5. The molecule has 1 aliphatic rings. The Hall–Kier alpha value is -3.66. The van der Waals surface area contributed by atoms with Gasteiger partial charge in [0.1, 0.15) is 5.75 Å². The molecule has 0 unspecified atom stereocenters. The average Bonchev–Trinajstić information content (AvgIpc) is 3.34. The summed E-state index contributed by atoms with van der Waals surface area (Å²) < 4.78 is 7.14. The van der Waals surface area contributed by atoms with E-state index in [2.05, 4.69) is 25.9 Å². The van der Waals surface area contributed by atoms with Crippen LogP contribution in [0.2, 0.25) is 5.02 Å². The van der Waals surface area contributed by atoms with E-state index in [1.54, 1.807) is 14.0 Å². The van der Waals surface area contributed by atoms with Gasteiger partial charge in [-0.3, -0.25) is 4.79 Å². The van der Waals surface area contributed by atoms with Gasteiger partial charge in [-0.15, -0.1) is 10.2 Å². The smallest absolute Gasteiger partial charge is 0.219 e. The lowest BCUT2D eigenvalue weighted by Crippen LogP contribution is -2.38. The molecule has 11 heteroatoms. The second-order valence-corrected chi connectivity index (χ2v) is 9.70. The van der Waals surface area contributed by atoms with Crippen molar-refractivity contribution in [3.63, 3.8) is 0 Å². The highest BCUT2D eigenvalue weighted by molar-refractivity contribution is 6.32. The summed E-state index contributed by atoms with van der Waals surface area (Å²) in [6.07, 6.45) is 5.62. The maximum Gasteiger partial charge on any atom is 0.219 e. The number of fused-ring (bicyclic) bond motifs is 3. The summed E-state index contributed by atoms with van der Waals surface area (Å²) in [4.78, 5) is 18.3. The monoisotopic (exact) mass is 522 g/mol. The second-order valence-electron chi connectivity index (χ2n) is 9.29. The van der Waals surface area contributed by atoms with Gasteiger partial charge < -0.3 is 20.3 Å². The van der Waals surface area contributed by atoms with Crippen molar-refractivity contribution in [1.82, 2.24) is 29.9 Å². The Balaban J connectivity index is 1.42. The normalized spacial score (nSPS) is 14.3. The van der Waals surface area contributed by atoms with E-state index in [9.17, 15) is 4.79 Å². The van der Waals surface area contributed by atoms with Crippen molar-refractivity contribution in [3.05, 3.63) is 41.2 Å². The van der Waals surface area contributed by atoms with Gasteiger partial charge >= 0.3 is 0 Å². The van der Waals surface area contributed by atoms with E-state index in [-0.39, 0.29) is 5.91 Å². The van der Waals surface area contributed by atoms with Crippen molar-refractivity contribution in [2.24, 2.45) is 5.92 Å². The Labute approximate surface area is 220 Å². The summed E-state index contributed by atoms with van der Waals surface area (Å²) in [6, 6.07) is 5.69. The molecule has 1 amide bonds. The highest BCUT2D eigenvalue weighted by atomic mass is 35.5. The zero-order chi connectivity index (χ0) is 25.9. The van der Waals surface area contributed by atoms with Crippen LogP contribution in [0.15, 0.2) is 30.6 Å². The number of aryl methyl sites for hydroxylation is 1. The van der Waals surface area contributed by atoms with Crippen LogP contribution >= 0.6 is 11.6 Å². The first-order valence-electron chi connectivity index (χ1n) is 12.5. The van der Waals surface area contributed by atoms with Crippen molar-refractivity contribution >= 4 is 50.9 Å². The van der Waals surface area contributed by atoms with Crippen LogP contribution in [-0.2, 0) is 17.9 Å². The summed E-state index contributed by atoms with van der Waals surface area (Å²) in [5.74, 6) is 2.60. The van der Waals surface area contributed by atoms with E-state index in [0.29, 0.717) is 34.9 Å². The van der Waals surface area contributed by atoms with Gasteiger partial charge in [0.2, 0.25) is 5.91 Å². The Morgan fingerprint density at radius 1 is 1.14 bits per heavy atom. The zero-order valence-corrected chi connectivity index (χ0v) is 22.0. The van der Waals surface area contributed by atoms with Gasteiger partial charge in [-0.2, -0.15) is 5.10 Å². The predicted octanol–water partition coefficient (Wildman–Crippen LogP) is 4.34. The van der Waals surface area contributed by atoms with E-state index < -0.39 is 0 Å². The number of carbonyl (C=O) groups excluding carboxylic acids is 1. The first-order chi connectivity index (χ1) is 18.0. The number of likely N-dealkylation sites (tertiary alicyclic amines) is 1. The molecule has 3 aromatic heterocycles. The van der Waals surface area contributed by atoms with Gasteiger partial charge in [-0.1, -0.05) is 17.7 Å². The van der Waals surface area contributed by atoms with Crippen molar-refractivity contribution in [1.29, 1.82) is 0 Å². The molecule has 0 radical (unpaired) electrons. The molecule has 4 aromatic rings. The fourth-order valence-corrected chi connectivity index (χ4v) is 5.13. The standard InChI is InChI=1S/C26H31ClN8O2/c1-4-35-26-20(15-31-35)23-19(14-30-26)24(28-12-17-7-9-34(10-8-17)16(2)36)32-33-25(23)29-13-18-5-6-22(37-3)21(27)11-18/h5-6,11,14-15,17H,4,7-10,12-13H2,1-3H3,(H,28,32)(H,29,33). The van der Waals surface area contributed by atoms with Gasteiger partial charge in [0.15, 0.2) is 17.3 Å². The summed E-state index contributed by atoms with van der Waals surface area (Å²) in [6.45, 7) is 7.26. The third kappa shape index (κ3) is 5.11. The number of hydrogen-bond donors (Lipinski definition) is 2. The molecule has 1 aliphatic heterocycles. The van der Waals surface area contributed by atoms with E-state index in [0.717, 1.165) is 66.4 Å². The molecule has 4 heterocycles. The lowest BCUT2D eigenvalue weighted by atomic mass is 9.96. The van der Waals surface area contributed by atoms with Crippen LogP contribution in [0.5, 0.6) is 5.75 Å². The van der Waals surface area contributed by atoms with Crippen LogP contribution in [0, 0.1) is 5.92 Å². The molecule has 0 saturated carbocycles. The van der Waals surface area contributed by atoms with Gasteiger partial charge in [0.05, 0.1) is 23.7 Å². The minimum absolute atomic E-state index is 0.144. The average molecular weight is 523 g/mol. The molecule has 1 saturated heterocycles. The van der Waals surface area contributed by atoms with Gasteiger partial charge in [-0.05, 0) is 43.4 Å². The zero-order valence-electron chi connectivity index (χ0n) is 21.3. The Morgan fingerprint density at radius 3 is 2.62 bits per heavy atom. The number of rotatable bonds is 8. The van der Waals surface area contributed by atoms with Crippen LogP contribution in [0.4, 0.5) is 11.6 Å². The molecule has 37 heavy (non-hydrogen) atoms. The fraction of sp³-hybridized carbons (Fsp3) is 0.423. The predicted molar refractivity (Wildman–Crippen MR) is 145 cm³/mol. The van der Waals surface area contributed by atoms with Crippen molar-refractivity contribution in [3.8, 4) is 5.75 Å². The van der Waals surface area contributed by atoms with Crippen molar-refractivity contribution < 1.29 is 9.53 Å². The SMILES string of the molecule is CCn1ncc2c3c(NCc4ccc(OC)c(Cl)c4)nnc(NCC4CCN(C(C)=O)CC4)c3cnc21. The number of pyridine rings is 1. The lowest BCUT2D eigenvalue weighted by molar-refractivity contribution is -0.130. The number of hydrogen-bond acceptors (Lipinski definition) is 8. The van der Waals surface area contributed by atoms with Crippen LogP contribution in [-0.4, -0.2) is 62.5 Å². The molecule has 0 atom stereocenters. The van der Waals surface area contributed by atoms with Crippen molar-refractivity contribution in [2.75, 3.05) is 37.4 Å². The maximum absolute atomic E-state index is 11.6. The number of amides is 1. The Morgan fingerprint density at radius 2 is 1.92 bits per heavy atom. The number of halogens is 1. The molecular weight excluding hydrogens is 492 g/mol. The minimum atomic E-state index is 0.144. The molecule has 1 aromatic carbocycles. The first-order valence-corrected chi connectivity index (χ1v) is 12.9. The van der Waals surface area contributed by atoms with Gasteiger partial charge in [0, 0.05) is 56.6 Å². The molecule has 0 bridgehead atoms. The van der Waals surface area contributed by atoms with Crippen LogP contribution in [0.3, 0.4) is 0 Å². The van der Waals surface area contributed by atoms with Crippen LogP contribution < -0.4 is 15.4 Å². The summed E-state index contributed by atoms with van der Waals surface area (Å²) in [5, 5.41) is 23.8. The number of anilines is 2. The molecular formula is C26H31ClN8O2. The number of ether oxygens (including phenoxy) is 1. The Bertz CT molecular complexity index is 1430. The number of benzene rings is 1. The highest BCUT2D eigenvalue weighted by Gasteiger charge is 2.22. The second kappa shape index (κ2) is 10.8. The van der Waals surface area contributed by atoms with Crippen molar-refractivity contribution in [2.45, 2.75) is 39.8 Å². The highest BCUT2D eigenvalue weighted by Crippen LogP contribution is 2.33. The quantitative estimate of drug-likeness (QED) is 0.351. The largest absolute Gasteiger partial charge is 0.495 e.